The highest BCUT2D eigenvalue weighted by Crippen LogP contribution is 2.32. The van der Waals surface area contributed by atoms with E-state index in [0.29, 0.717) is 23.6 Å². The monoisotopic (exact) mass is 340 g/mol. The minimum absolute atomic E-state index is 0.0569. The average molecular weight is 340 g/mol. The Morgan fingerprint density at radius 2 is 1.76 bits per heavy atom. The maximum atomic E-state index is 12.1. The highest BCUT2D eigenvalue weighted by Gasteiger charge is 2.16. The zero-order chi connectivity index (χ0) is 17.5. The minimum Gasteiger partial charge on any atom is -0.454 e. The van der Waals surface area contributed by atoms with Gasteiger partial charge in [0.1, 0.15) is 0 Å². The zero-order valence-electron chi connectivity index (χ0n) is 13.8. The number of hydrogen-bond donors (Lipinski definition) is 2. The second-order valence-electron chi connectivity index (χ2n) is 5.69. The summed E-state index contributed by atoms with van der Waals surface area (Å²) in [6.45, 7) is 0.679. The van der Waals surface area contributed by atoms with Crippen LogP contribution in [0, 0.1) is 0 Å². The number of rotatable bonds is 7. The van der Waals surface area contributed by atoms with Crippen LogP contribution < -0.4 is 20.1 Å². The Balaban J connectivity index is 1.36. The molecule has 0 saturated carbocycles. The number of hydrogen-bond acceptors (Lipinski definition) is 4. The summed E-state index contributed by atoms with van der Waals surface area (Å²) in [5.41, 5.74) is 1.67. The number of nitrogens with one attached hydrogen (secondary N) is 2. The molecule has 6 nitrogen and oxygen atoms in total. The largest absolute Gasteiger partial charge is 0.454 e. The first-order chi connectivity index (χ1) is 12.2. The molecule has 0 aromatic heterocycles. The molecular weight excluding hydrogens is 320 g/mol. The molecule has 1 heterocycles. The van der Waals surface area contributed by atoms with Crippen LogP contribution in [0.4, 0.5) is 0 Å². The summed E-state index contributed by atoms with van der Waals surface area (Å²) in [7, 11) is 0. The summed E-state index contributed by atoms with van der Waals surface area (Å²) >= 11 is 0. The van der Waals surface area contributed by atoms with E-state index >= 15 is 0 Å². The molecule has 2 amide bonds. The van der Waals surface area contributed by atoms with Crippen molar-refractivity contribution in [3.8, 4) is 11.5 Å². The quantitative estimate of drug-likeness (QED) is 0.755. The van der Waals surface area contributed by atoms with Gasteiger partial charge < -0.3 is 20.1 Å². The Labute approximate surface area is 146 Å². The molecule has 0 bridgehead atoms. The van der Waals surface area contributed by atoms with Gasteiger partial charge >= 0.3 is 0 Å². The van der Waals surface area contributed by atoms with E-state index in [9.17, 15) is 9.59 Å². The topological polar surface area (TPSA) is 76.7 Å². The van der Waals surface area contributed by atoms with Gasteiger partial charge in [0.25, 0.3) is 5.91 Å². The van der Waals surface area contributed by atoms with Crippen molar-refractivity contribution in [3.63, 3.8) is 0 Å². The minimum atomic E-state index is -0.322. The molecule has 25 heavy (non-hydrogen) atoms. The summed E-state index contributed by atoms with van der Waals surface area (Å²) < 4.78 is 10.4. The van der Waals surface area contributed by atoms with Gasteiger partial charge in [-0.2, -0.15) is 0 Å². The van der Waals surface area contributed by atoms with Gasteiger partial charge in [-0.3, -0.25) is 9.59 Å². The molecule has 0 fully saturated rings. The maximum absolute atomic E-state index is 12.1. The molecule has 0 atom stereocenters. The number of carbonyl (C=O) groups is 2. The van der Waals surface area contributed by atoms with Crippen molar-refractivity contribution in [1.82, 2.24) is 10.6 Å². The molecular formula is C19H20N2O4. The number of aryl methyl sites for hydroxylation is 1. The van der Waals surface area contributed by atoms with E-state index < -0.39 is 0 Å². The highest BCUT2D eigenvalue weighted by molar-refractivity contribution is 5.97. The smallest absolute Gasteiger partial charge is 0.251 e. The molecule has 2 N–H and O–H groups in total. The van der Waals surface area contributed by atoms with E-state index in [1.807, 2.05) is 18.2 Å². The first-order valence-corrected chi connectivity index (χ1v) is 8.21. The van der Waals surface area contributed by atoms with Crippen LogP contribution in [0.3, 0.4) is 0 Å². The van der Waals surface area contributed by atoms with Crippen LogP contribution in [0.5, 0.6) is 11.5 Å². The summed E-state index contributed by atoms with van der Waals surface area (Å²) in [6.07, 6.45) is 1.76. The van der Waals surface area contributed by atoms with E-state index in [1.165, 1.54) is 5.56 Å². The number of fused-ring (bicyclic) bond motifs is 1. The van der Waals surface area contributed by atoms with Gasteiger partial charge in [-0.25, -0.2) is 0 Å². The van der Waals surface area contributed by atoms with E-state index in [4.69, 9.17) is 9.47 Å². The molecule has 0 aliphatic carbocycles. The van der Waals surface area contributed by atoms with Gasteiger partial charge in [-0.1, -0.05) is 30.3 Å². The molecule has 0 unspecified atom stereocenters. The first-order valence-electron chi connectivity index (χ1n) is 8.21. The van der Waals surface area contributed by atoms with Gasteiger partial charge in [0.2, 0.25) is 12.7 Å². The average Bonchev–Trinajstić information content (AvgIpc) is 3.12. The molecule has 0 saturated heterocycles. The Morgan fingerprint density at radius 1 is 0.960 bits per heavy atom. The third-order valence-corrected chi connectivity index (χ3v) is 3.85. The molecule has 0 spiro atoms. The summed E-state index contributed by atoms with van der Waals surface area (Å²) in [5.74, 6) is 0.630. The Morgan fingerprint density at radius 3 is 2.60 bits per heavy atom. The van der Waals surface area contributed by atoms with Crippen molar-refractivity contribution < 1.29 is 19.1 Å². The Bertz CT molecular complexity index is 746. The highest BCUT2D eigenvalue weighted by atomic mass is 16.7. The van der Waals surface area contributed by atoms with Crippen molar-refractivity contribution in [1.29, 1.82) is 0 Å². The van der Waals surface area contributed by atoms with Crippen molar-refractivity contribution in [2.75, 3.05) is 19.9 Å². The second kappa shape index (κ2) is 8.19. The maximum Gasteiger partial charge on any atom is 0.251 e. The fraction of sp³-hybridized carbons (Fsp3) is 0.263. The molecule has 6 heteroatoms. The molecule has 1 aliphatic heterocycles. The van der Waals surface area contributed by atoms with E-state index in [0.717, 1.165) is 12.8 Å². The van der Waals surface area contributed by atoms with Gasteiger partial charge in [-0.05, 0) is 36.6 Å². The van der Waals surface area contributed by atoms with Gasteiger partial charge in [0.15, 0.2) is 11.5 Å². The fourth-order valence-corrected chi connectivity index (χ4v) is 2.53. The van der Waals surface area contributed by atoms with Gasteiger partial charge in [0.05, 0.1) is 6.54 Å². The van der Waals surface area contributed by atoms with E-state index in [1.54, 1.807) is 18.2 Å². The fourth-order valence-electron chi connectivity index (χ4n) is 2.53. The number of carbonyl (C=O) groups excluding carboxylic acids is 2. The third-order valence-electron chi connectivity index (χ3n) is 3.85. The van der Waals surface area contributed by atoms with Gasteiger partial charge in [-0.15, -0.1) is 0 Å². The lowest BCUT2D eigenvalue weighted by molar-refractivity contribution is -0.120. The Hall–Kier alpha value is -3.02. The lowest BCUT2D eigenvalue weighted by Gasteiger charge is -2.07. The summed E-state index contributed by atoms with van der Waals surface area (Å²) in [4.78, 5) is 23.9. The third kappa shape index (κ3) is 4.73. The lowest BCUT2D eigenvalue weighted by atomic mass is 10.1. The summed E-state index contributed by atoms with van der Waals surface area (Å²) in [5, 5.41) is 5.40. The molecule has 0 radical (unpaired) electrons. The lowest BCUT2D eigenvalue weighted by Crippen LogP contribution is -2.37. The molecule has 2 aromatic carbocycles. The van der Waals surface area contributed by atoms with Crippen molar-refractivity contribution >= 4 is 11.8 Å². The van der Waals surface area contributed by atoms with Crippen LogP contribution in [0.15, 0.2) is 48.5 Å². The second-order valence-corrected chi connectivity index (χ2v) is 5.69. The van der Waals surface area contributed by atoms with Crippen LogP contribution in [-0.2, 0) is 11.2 Å². The van der Waals surface area contributed by atoms with Crippen LogP contribution >= 0.6 is 0 Å². The molecule has 2 aromatic rings. The van der Waals surface area contributed by atoms with E-state index in [2.05, 4.69) is 22.8 Å². The van der Waals surface area contributed by atoms with E-state index in [-0.39, 0.29) is 25.2 Å². The summed E-state index contributed by atoms with van der Waals surface area (Å²) in [6, 6.07) is 15.0. The predicted molar refractivity (Wildman–Crippen MR) is 92.7 cm³/mol. The predicted octanol–water partition coefficient (Wildman–Crippen LogP) is 1.89. The van der Waals surface area contributed by atoms with Gasteiger partial charge in [0, 0.05) is 12.1 Å². The van der Waals surface area contributed by atoms with Crippen molar-refractivity contribution in [2.45, 2.75) is 12.8 Å². The number of amides is 2. The molecule has 3 rings (SSSR count). The Kier molecular flexibility index (Phi) is 5.51. The normalized spacial score (nSPS) is 11.8. The van der Waals surface area contributed by atoms with Crippen LogP contribution in [0.1, 0.15) is 22.3 Å². The first kappa shape index (κ1) is 16.8. The SMILES string of the molecule is O=C(CNC(=O)c1ccc2c(c1)OCO2)NCCCc1ccccc1. The molecule has 130 valence electrons. The van der Waals surface area contributed by atoms with Crippen LogP contribution in [0.2, 0.25) is 0 Å². The molecule has 1 aliphatic rings. The van der Waals surface area contributed by atoms with Crippen molar-refractivity contribution in [3.05, 3.63) is 59.7 Å². The van der Waals surface area contributed by atoms with Crippen LogP contribution in [-0.4, -0.2) is 31.7 Å². The zero-order valence-corrected chi connectivity index (χ0v) is 13.8. The van der Waals surface area contributed by atoms with Crippen molar-refractivity contribution in [2.24, 2.45) is 0 Å². The number of benzene rings is 2. The standard InChI is InChI=1S/C19H20N2O4/c22-18(20-10-4-7-14-5-2-1-3-6-14)12-21-19(23)15-8-9-16-17(11-15)25-13-24-16/h1-3,5-6,8-9,11H,4,7,10,12-13H2,(H,20,22)(H,21,23). The van der Waals surface area contributed by atoms with Crippen LogP contribution in [0.25, 0.3) is 0 Å². The number of ether oxygens (including phenoxy) is 2.